The average Bonchev–Trinajstić information content (AvgIpc) is 2.34. The molecular weight excluding hydrogens is 224 g/mol. The molecule has 1 aromatic rings. The predicted molar refractivity (Wildman–Crippen MR) is 59.9 cm³/mol. The molecule has 0 bridgehead atoms. The maximum atomic E-state index is 10.6. The van der Waals surface area contributed by atoms with Crippen LogP contribution in [0.5, 0.6) is 0 Å². The molecule has 1 unspecified atom stereocenters. The van der Waals surface area contributed by atoms with Gasteiger partial charge >= 0.3 is 0 Å². The van der Waals surface area contributed by atoms with E-state index in [2.05, 4.69) is 18.4 Å². The number of rotatable bonds is 4. The van der Waals surface area contributed by atoms with Crippen LogP contribution in [0.15, 0.2) is 15.7 Å². The predicted octanol–water partition coefficient (Wildman–Crippen LogP) is 3.69. The Morgan fingerprint density at radius 1 is 1.77 bits per heavy atom. The second-order valence-corrected chi connectivity index (χ2v) is 5.92. The van der Waals surface area contributed by atoms with Gasteiger partial charge < -0.3 is 0 Å². The highest BCUT2D eigenvalue weighted by molar-refractivity contribution is 8.01. The van der Waals surface area contributed by atoms with E-state index in [4.69, 9.17) is 11.6 Å². The fourth-order valence-electron chi connectivity index (χ4n) is 0.930. The van der Waals surface area contributed by atoms with Gasteiger partial charge in [0.2, 0.25) is 5.24 Å². The summed E-state index contributed by atoms with van der Waals surface area (Å²) >= 11 is 8.74. The van der Waals surface area contributed by atoms with E-state index in [-0.39, 0.29) is 10.5 Å². The van der Waals surface area contributed by atoms with Crippen LogP contribution in [-0.4, -0.2) is 10.5 Å². The van der Waals surface area contributed by atoms with Gasteiger partial charge in [0.05, 0.1) is 4.21 Å². The number of hydrogen-bond donors (Lipinski definition) is 0. The van der Waals surface area contributed by atoms with Gasteiger partial charge in [-0.3, -0.25) is 4.79 Å². The van der Waals surface area contributed by atoms with Crippen molar-refractivity contribution in [2.24, 2.45) is 0 Å². The largest absolute Gasteiger partial charge is 0.281 e. The van der Waals surface area contributed by atoms with Gasteiger partial charge in [0, 0.05) is 11.7 Å². The van der Waals surface area contributed by atoms with Crippen LogP contribution in [0.3, 0.4) is 0 Å². The van der Waals surface area contributed by atoms with E-state index >= 15 is 0 Å². The maximum absolute atomic E-state index is 10.6. The first kappa shape index (κ1) is 11.1. The van der Waals surface area contributed by atoms with Crippen LogP contribution >= 0.6 is 34.7 Å². The van der Waals surface area contributed by atoms with Gasteiger partial charge in [0.25, 0.3) is 0 Å². The Morgan fingerprint density at radius 2 is 2.46 bits per heavy atom. The number of thiophene rings is 1. The van der Waals surface area contributed by atoms with E-state index in [1.807, 2.05) is 6.92 Å². The van der Waals surface area contributed by atoms with Crippen molar-refractivity contribution >= 4 is 39.9 Å². The normalized spacial score (nSPS) is 12.8. The highest BCUT2D eigenvalue weighted by atomic mass is 35.5. The number of carbonyl (C=O) groups is 1. The summed E-state index contributed by atoms with van der Waals surface area (Å²) in [6.45, 7) is 4.10. The van der Waals surface area contributed by atoms with Crippen molar-refractivity contribution < 1.29 is 4.79 Å². The third kappa shape index (κ3) is 3.71. The van der Waals surface area contributed by atoms with E-state index in [0.717, 1.165) is 0 Å². The molecule has 1 atom stereocenters. The fraction of sp³-hybridized carbons (Fsp3) is 0.444. The van der Waals surface area contributed by atoms with Gasteiger partial charge in [-0.25, -0.2) is 0 Å². The molecule has 0 amide bonds. The molecule has 0 aromatic carbocycles. The summed E-state index contributed by atoms with van der Waals surface area (Å²) in [6.07, 6.45) is 0.434. The molecule has 72 valence electrons. The van der Waals surface area contributed by atoms with E-state index in [1.54, 1.807) is 23.1 Å². The Labute approximate surface area is 91.5 Å². The van der Waals surface area contributed by atoms with Crippen molar-refractivity contribution in [3.63, 3.8) is 0 Å². The summed E-state index contributed by atoms with van der Waals surface area (Å²) in [7, 11) is 0. The van der Waals surface area contributed by atoms with Crippen molar-refractivity contribution in [1.82, 2.24) is 0 Å². The molecule has 1 rings (SSSR count). The van der Waals surface area contributed by atoms with Gasteiger partial charge in [0.1, 0.15) is 0 Å². The highest BCUT2D eigenvalue weighted by Gasteiger charge is 2.10. The minimum Gasteiger partial charge on any atom is -0.281 e. The summed E-state index contributed by atoms with van der Waals surface area (Å²) in [5.41, 5.74) is 1.28. The molecule has 4 heteroatoms. The molecule has 0 saturated carbocycles. The SMILES string of the molecule is Cc1ccsc1SC(C)CC(=O)Cl. The standard InChI is InChI=1S/C9H11ClOS2/c1-6-3-4-12-9(6)13-7(2)5-8(10)11/h3-4,7H,5H2,1-2H3. The zero-order valence-corrected chi connectivity index (χ0v) is 9.93. The fourth-order valence-corrected chi connectivity index (χ4v) is 3.64. The summed E-state index contributed by atoms with van der Waals surface area (Å²) in [6, 6.07) is 2.09. The maximum Gasteiger partial charge on any atom is 0.222 e. The number of halogens is 1. The lowest BCUT2D eigenvalue weighted by molar-refractivity contribution is -0.111. The van der Waals surface area contributed by atoms with Gasteiger partial charge in [0.15, 0.2) is 0 Å². The summed E-state index contributed by atoms with van der Waals surface area (Å²) in [5.74, 6) is 0. The molecular formula is C9H11ClOS2. The van der Waals surface area contributed by atoms with Crippen LogP contribution in [0.1, 0.15) is 18.9 Å². The van der Waals surface area contributed by atoms with E-state index < -0.39 is 0 Å². The lowest BCUT2D eigenvalue weighted by Gasteiger charge is -2.06. The molecule has 0 fully saturated rings. The molecule has 13 heavy (non-hydrogen) atoms. The first-order chi connectivity index (χ1) is 6.09. The first-order valence-electron chi connectivity index (χ1n) is 3.98. The third-order valence-corrected chi connectivity index (χ3v) is 4.22. The summed E-state index contributed by atoms with van der Waals surface area (Å²) in [4.78, 5) is 10.6. The quantitative estimate of drug-likeness (QED) is 0.584. The Kier molecular flexibility index (Phi) is 4.29. The van der Waals surface area contributed by atoms with Crippen LogP contribution in [0.25, 0.3) is 0 Å². The van der Waals surface area contributed by atoms with Gasteiger partial charge in [-0.2, -0.15) is 0 Å². The molecule has 0 aliphatic rings. The number of hydrogen-bond acceptors (Lipinski definition) is 3. The van der Waals surface area contributed by atoms with Crippen molar-refractivity contribution in [3.8, 4) is 0 Å². The molecule has 1 aromatic heterocycles. The number of aryl methyl sites for hydroxylation is 1. The first-order valence-corrected chi connectivity index (χ1v) is 6.12. The van der Waals surface area contributed by atoms with Crippen LogP contribution in [0.2, 0.25) is 0 Å². The summed E-state index contributed by atoms with van der Waals surface area (Å²) in [5, 5.41) is 2.07. The molecule has 0 aliphatic carbocycles. The number of thioether (sulfide) groups is 1. The van der Waals surface area contributed by atoms with Gasteiger partial charge in [-0.05, 0) is 35.5 Å². The molecule has 1 nitrogen and oxygen atoms in total. The van der Waals surface area contributed by atoms with Crippen LogP contribution in [0, 0.1) is 6.92 Å². The minimum absolute atomic E-state index is 0.255. The Morgan fingerprint density at radius 3 is 2.92 bits per heavy atom. The molecule has 1 heterocycles. The molecule has 0 saturated heterocycles. The van der Waals surface area contributed by atoms with E-state index in [0.29, 0.717) is 6.42 Å². The smallest absolute Gasteiger partial charge is 0.222 e. The molecule has 0 N–H and O–H groups in total. The van der Waals surface area contributed by atoms with E-state index in [9.17, 15) is 4.79 Å². The Balaban J connectivity index is 2.49. The summed E-state index contributed by atoms with van der Waals surface area (Å²) < 4.78 is 1.28. The topological polar surface area (TPSA) is 17.1 Å². The van der Waals surface area contributed by atoms with Crippen LogP contribution in [0.4, 0.5) is 0 Å². The molecule has 0 aliphatic heterocycles. The minimum atomic E-state index is -0.255. The highest BCUT2D eigenvalue weighted by Crippen LogP contribution is 2.32. The van der Waals surface area contributed by atoms with Gasteiger partial charge in [-0.15, -0.1) is 23.1 Å². The van der Waals surface area contributed by atoms with Crippen molar-refractivity contribution in [1.29, 1.82) is 0 Å². The van der Waals surface area contributed by atoms with Crippen LogP contribution < -0.4 is 0 Å². The zero-order valence-electron chi connectivity index (χ0n) is 7.54. The molecule has 0 spiro atoms. The van der Waals surface area contributed by atoms with Crippen LogP contribution in [-0.2, 0) is 4.79 Å². The van der Waals surface area contributed by atoms with E-state index in [1.165, 1.54) is 9.77 Å². The van der Waals surface area contributed by atoms with Crippen molar-refractivity contribution in [2.75, 3.05) is 0 Å². The van der Waals surface area contributed by atoms with Crippen molar-refractivity contribution in [3.05, 3.63) is 17.0 Å². The third-order valence-electron chi connectivity index (χ3n) is 1.57. The Hall–Kier alpha value is 0.01000. The second kappa shape index (κ2) is 5.03. The molecule has 0 radical (unpaired) electrons. The number of carbonyl (C=O) groups excluding carboxylic acids is 1. The zero-order chi connectivity index (χ0) is 9.84. The Bertz CT molecular complexity index is 296. The lowest BCUT2D eigenvalue weighted by Crippen LogP contribution is -2.00. The van der Waals surface area contributed by atoms with Crippen molar-refractivity contribution in [2.45, 2.75) is 29.7 Å². The second-order valence-electron chi connectivity index (χ2n) is 2.88. The lowest BCUT2D eigenvalue weighted by atomic mass is 10.4. The average molecular weight is 235 g/mol. The van der Waals surface area contributed by atoms with Gasteiger partial charge in [-0.1, -0.05) is 6.92 Å². The monoisotopic (exact) mass is 234 g/mol.